The molecule has 3 unspecified atom stereocenters. The molecule has 1 amide bonds. The van der Waals surface area contributed by atoms with Crippen LogP contribution in [0.25, 0.3) is 0 Å². The molecule has 0 spiro atoms. The van der Waals surface area contributed by atoms with Crippen molar-refractivity contribution >= 4 is 19.7 Å². The quantitative estimate of drug-likeness (QED) is 0.0205. The molecule has 0 fully saturated rings. The zero-order chi connectivity index (χ0) is 53.6. The van der Waals surface area contributed by atoms with Gasteiger partial charge in [-0.3, -0.25) is 18.6 Å². The molecular formula is C63H104N2O7P+. The van der Waals surface area contributed by atoms with E-state index in [9.17, 15) is 19.0 Å². The third-order valence-electron chi connectivity index (χ3n) is 11.3. The van der Waals surface area contributed by atoms with E-state index in [1.807, 2.05) is 39.4 Å². The normalized spacial score (nSPS) is 14.9. The lowest BCUT2D eigenvalue weighted by Crippen LogP contribution is -2.47. The van der Waals surface area contributed by atoms with E-state index in [1.54, 1.807) is 6.08 Å². The van der Waals surface area contributed by atoms with Crippen LogP contribution in [-0.2, 0) is 27.9 Å². The van der Waals surface area contributed by atoms with Crippen molar-refractivity contribution in [2.75, 3.05) is 40.9 Å². The van der Waals surface area contributed by atoms with Gasteiger partial charge in [-0.2, -0.15) is 0 Å². The van der Waals surface area contributed by atoms with E-state index in [1.165, 1.54) is 44.9 Å². The van der Waals surface area contributed by atoms with Gasteiger partial charge in [-0.15, -0.1) is 0 Å². The smallest absolute Gasteiger partial charge is 0.456 e. The van der Waals surface area contributed by atoms with Crippen molar-refractivity contribution in [1.29, 1.82) is 0 Å². The molecule has 0 aromatic carbocycles. The first kappa shape index (κ1) is 68.9. The maximum absolute atomic E-state index is 13.5. The fraction of sp³-hybridized carbons (Fsp3) is 0.587. The largest absolute Gasteiger partial charge is 0.472 e. The molecule has 0 saturated heterocycles. The molecule has 0 radical (unpaired) electrons. The maximum atomic E-state index is 13.5. The number of ether oxygens (including phenoxy) is 1. The minimum Gasteiger partial charge on any atom is -0.456 e. The summed E-state index contributed by atoms with van der Waals surface area (Å²) < 4.78 is 30.5. The average Bonchev–Trinajstić information content (AvgIpc) is 3.35. The van der Waals surface area contributed by atoms with Gasteiger partial charge >= 0.3 is 13.8 Å². The summed E-state index contributed by atoms with van der Waals surface area (Å²) in [6.07, 6.45) is 74.4. The Bertz CT molecular complexity index is 1760. The molecule has 9 nitrogen and oxygen atoms in total. The van der Waals surface area contributed by atoms with Crippen molar-refractivity contribution in [2.24, 2.45) is 0 Å². The van der Waals surface area contributed by atoms with Crippen LogP contribution < -0.4 is 5.32 Å². The summed E-state index contributed by atoms with van der Waals surface area (Å²) in [6.45, 7) is 6.64. The van der Waals surface area contributed by atoms with Gasteiger partial charge in [0.25, 0.3) is 0 Å². The summed E-state index contributed by atoms with van der Waals surface area (Å²) in [5, 5.41) is 2.98. The third kappa shape index (κ3) is 52.6. The van der Waals surface area contributed by atoms with Gasteiger partial charge in [0, 0.05) is 12.8 Å². The van der Waals surface area contributed by atoms with Gasteiger partial charge in [0.2, 0.25) is 5.91 Å². The first-order valence-corrected chi connectivity index (χ1v) is 29.7. The summed E-state index contributed by atoms with van der Waals surface area (Å²) in [5.41, 5.74) is 0. The summed E-state index contributed by atoms with van der Waals surface area (Å²) in [5.74, 6) is -0.688. The first-order valence-electron chi connectivity index (χ1n) is 28.2. The van der Waals surface area contributed by atoms with Crippen molar-refractivity contribution in [3.05, 3.63) is 146 Å². The fourth-order valence-electron chi connectivity index (χ4n) is 7.00. The van der Waals surface area contributed by atoms with E-state index in [0.29, 0.717) is 23.9 Å². The van der Waals surface area contributed by atoms with Gasteiger partial charge in [0.1, 0.15) is 19.3 Å². The van der Waals surface area contributed by atoms with E-state index in [0.717, 1.165) is 96.3 Å². The predicted octanol–water partition coefficient (Wildman–Crippen LogP) is 17.1. The number of phosphoric acid groups is 1. The monoisotopic (exact) mass is 1030 g/mol. The second kappa shape index (κ2) is 51.4. The van der Waals surface area contributed by atoms with Crippen molar-refractivity contribution < 1.29 is 37.3 Å². The number of carbonyl (C=O) groups excluding carboxylic acids is 2. The Kier molecular flexibility index (Phi) is 48.5. The molecule has 412 valence electrons. The Morgan fingerprint density at radius 3 is 1.33 bits per heavy atom. The molecule has 0 rings (SSSR count). The number of amides is 1. The summed E-state index contributed by atoms with van der Waals surface area (Å²) in [7, 11) is 1.39. The van der Waals surface area contributed by atoms with Gasteiger partial charge in [0.15, 0.2) is 0 Å². The number of nitrogens with one attached hydrogen (secondary N) is 1. The van der Waals surface area contributed by atoms with Crippen molar-refractivity contribution in [1.82, 2.24) is 5.32 Å². The van der Waals surface area contributed by atoms with Crippen molar-refractivity contribution in [2.45, 2.75) is 200 Å². The second-order valence-corrected chi connectivity index (χ2v) is 20.8. The molecule has 0 heterocycles. The van der Waals surface area contributed by atoms with Crippen LogP contribution in [0.2, 0.25) is 0 Å². The number of phosphoric ester groups is 1. The number of hydrogen-bond donors (Lipinski definition) is 2. The number of hydrogen-bond acceptors (Lipinski definition) is 6. The number of allylic oxidation sites excluding steroid dienone is 23. The van der Waals surface area contributed by atoms with Crippen LogP contribution >= 0.6 is 7.82 Å². The zero-order valence-corrected chi connectivity index (χ0v) is 47.7. The summed E-state index contributed by atoms with van der Waals surface area (Å²) in [6, 6.07) is -0.919. The molecule has 10 heteroatoms. The fourth-order valence-corrected chi connectivity index (χ4v) is 7.73. The number of carbonyl (C=O) groups is 2. The van der Waals surface area contributed by atoms with E-state index in [2.05, 4.69) is 148 Å². The van der Waals surface area contributed by atoms with Gasteiger partial charge < -0.3 is 19.4 Å². The van der Waals surface area contributed by atoms with Crippen molar-refractivity contribution in [3.63, 3.8) is 0 Å². The first-order chi connectivity index (χ1) is 35.4. The predicted molar refractivity (Wildman–Crippen MR) is 313 cm³/mol. The third-order valence-corrected chi connectivity index (χ3v) is 12.3. The molecule has 0 saturated carbocycles. The van der Waals surface area contributed by atoms with Crippen LogP contribution in [-0.4, -0.2) is 74.3 Å². The minimum atomic E-state index is -4.49. The van der Waals surface area contributed by atoms with Crippen LogP contribution in [0.4, 0.5) is 0 Å². The van der Waals surface area contributed by atoms with Gasteiger partial charge in [-0.25, -0.2) is 4.57 Å². The van der Waals surface area contributed by atoms with E-state index in [4.69, 9.17) is 13.8 Å². The highest BCUT2D eigenvalue weighted by Gasteiger charge is 2.30. The Morgan fingerprint density at radius 2 is 0.890 bits per heavy atom. The van der Waals surface area contributed by atoms with Crippen LogP contribution in [0.15, 0.2) is 146 Å². The molecule has 2 N–H and O–H groups in total. The lowest BCUT2D eigenvalue weighted by atomic mass is 10.1. The number of quaternary nitrogens is 1. The summed E-state index contributed by atoms with van der Waals surface area (Å²) in [4.78, 5) is 37.5. The standard InChI is InChI=1S/C63H103N2O7P/c1-7-10-13-16-19-22-25-27-29-31-32-34-36-38-41-44-47-50-53-56-63(67)72-61(54-51-48-45-42-39-24-21-18-15-12-9-3)60(59-71-73(68,69)70-58-57-65(4,5)6)64-62(66)55-52-49-46-43-40-37-35-33-30-28-26-23-20-17-14-11-8-2/h10-11,13-14,19-20,22-23,27-30,32,34-35,37-38,41,43,46-47,50-51,54,60-61H,7-9,12,15-18,21,24-26,31,33,36,39-40,42,44-45,48-49,52-53,55-59H2,1-6H3,(H-,64,66,68,69)/p+1/b13-10-,14-11-,22-19-,23-20-,29-27-,30-28-,34-32-,37-35-,41-38-,46-43-,50-47-,54-51+. The Morgan fingerprint density at radius 1 is 0.493 bits per heavy atom. The highest BCUT2D eigenvalue weighted by Crippen LogP contribution is 2.43. The van der Waals surface area contributed by atoms with Gasteiger partial charge in [-0.05, 0) is 109 Å². The number of esters is 1. The minimum absolute atomic E-state index is 0.00968. The van der Waals surface area contributed by atoms with E-state index < -0.39 is 25.9 Å². The highest BCUT2D eigenvalue weighted by molar-refractivity contribution is 7.47. The van der Waals surface area contributed by atoms with Crippen LogP contribution in [0.1, 0.15) is 188 Å². The number of nitrogens with zero attached hydrogens (tertiary/aromatic N) is 1. The number of unbranched alkanes of at least 4 members (excludes halogenated alkanes) is 10. The number of rotatable bonds is 48. The molecule has 0 aliphatic rings. The van der Waals surface area contributed by atoms with Crippen LogP contribution in [0.3, 0.4) is 0 Å². The highest BCUT2D eigenvalue weighted by atomic mass is 31.2. The topological polar surface area (TPSA) is 111 Å². The molecule has 0 aliphatic heterocycles. The van der Waals surface area contributed by atoms with Crippen molar-refractivity contribution in [3.8, 4) is 0 Å². The summed E-state index contributed by atoms with van der Waals surface area (Å²) >= 11 is 0. The van der Waals surface area contributed by atoms with Crippen LogP contribution in [0.5, 0.6) is 0 Å². The Hall–Kier alpha value is -4.11. The van der Waals surface area contributed by atoms with E-state index in [-0.39, 0.29) is 32.0 Å². The van der Waals surface area contributed by atoms with E-state index >= 15 is 0 Å². The molecule has 73 heavy (non-hydrogen) atoms. The van der Waals surface area contributed by atoms with Crippen LogP contribution in [0, 0.1) is 0 Å². The molecule has 0 aliphatic carbocycles. The molecule has 0 bridgehead atoms. The lowest BCUT2D eigenvalue weighted by Gasteiger charge is -2.27. The molecule has 0 aromatic heterocycles. The number of likely N-dealkylation sites (N-methyl/N-ethyl adjacent to an activating group) is 1. The Labute approximate surface area is 447 Å². The SMILES string of the molecule is CC/C=C\C/C=C\C/C=C\C/C=C\C/C=C\C/C=C\CCC(=O)OC(/C=C/CCCCCCCCCCC)C(COP(=O)(O)OCC[N+](C)(C)C)NC(=O)CCC/C=C\C/C=C\C/C=C\C/C=C\C/C=C\CC. The van der Waals surface area contributed by atoms with Gasteiger partial charge in [-0.1, -0.05) is 212 Å². The molecule has 3 atom stereocenters. The lowest BCUT2D eigenvalue weighted by molar-refractivity contribution is -0.870. The molecular weight excluding hydrogens is 928 g/mol. The molecule has 0 aromatic rings. The second-order valence-electron chi connectivity index (χ2n) is 19.3. The Balaban J connectivity index is 5.56. The maximum Gasteiger partial charge on any atom is 0.472 e. The average molecular weight is 1030 g/mol. The zero-order valence-electron chi connectivity index (χ0n) is 46.8. The van der Waals surface area contributed by atoms with Gasteiger partial charge in [0.05, 0.1) is 33.8 Å².